The van der Waals surface area contributed by atoms with Crippen molar-refractivity contribution in [1.82, 2.24) is 0 Å². The Bertz CT molecular complexity index is 918. The molecule has 7 heteroatoms. The summed E-state index contributed by atoms with van der Waals surface area (Å²) in [7, 11) is 0. The number of nitrogens with one attached hydrogen (secondary N) is 1. The van der Waals surface area contributed by atoms with Crippen LogP contribution in [0.25, 0.3) is 11.0 Å². The lowest BCUT2D eigenvalue weighted by Gasteiger charge is -2.13. The first-order valence-electron chi connectivity index (χ1n) is 7.39. The molecule has 2 aromatic carbocycles. The number of carbonyl (C=O) groups is 2. The first-order valence-corrected chi connectivity index (χ1v) is 8.15. The second-order valence-electron chi connectivity index (χ2n) is 5.31. The van der Waals surface area contributed by atoms with Gasteiger partial charge in [-0.25, -0.2) is 4.79 Å². The maximum absolute atomic E-state index is 12.2. The van der Waals surface area contributed by atoms with Gasteiger partial charge in [-0.15, -0.1) is 0 Å². The van der Waals surface area contributed by atoms with Crippen molar-refractivity contribution in [3.05, 3.63) is 64.3 Å². The molecular formula is C18H13Cl2NO4. The number of hydrogen-bond acceptors (Lipinski definition) is 4. The molecule has 1 N–H and O–H groups in total. The van der Waals surface area contributed by atoms with Crippen LogP contribution in [0.5, 0.6) is 0 Å². The highest BCUT2D eigenvalue weighted by Gasteiger charge is 2.22. The summed E-state index contributed by atoms with van der Waals surface area (Å²) in [6, 6.07) is 13.4. The molecule has 1 amide bonds. The minimum Gasteiger partial charge on any atom is -0.449 e. The van der Waals surface area contributed by atoms with Gasteiger partial charge in [0.1, 0.15) is 5.58 Å². The number of fused-ring (bicyclic) bond motifs is 1. The third kappa shape index (κ3) is 3.95. The highest BCUT2D eigenvalue weighted by atomic mass is 35.5. The summed E-state index contributed by atoms with van der Waals surface area (Å²) in [5.41, 5.74) is 0.906. The number of esters is 1. The Morgan fingerprint density at radius 2 is 1.88 bits per heavy atom. The van der Waals surface area contributed by atoms with Crippen LogP contribution in [0, 0.1) is 0 Å². The van der Waals surface area contributed by atoms with Crippen molar-refractivity contribution in [2.24, 2.45) is 0 Å². The van der Waals surface area contributed by atoms with E-state index in [1.165, 1.54) is 13.0 Å². The van der Waals surface area contributed by atoms with Crippen molar-refractivity contribution >= 4 is 51.7 Å². The van der Waals surface area contributed by atoms with Gasteiger partial charge in [0.2, 0.25) is 5.76 Å². The lowest BCUT2D eigenvalue weighted by molar-refractivity contribution is -0.123. The fraction of sp³-hybridized carbons (Fsp3) is 0.111. The molecule has 5 nitrogen and oxygen atoms in total. The molecule has 3 rings (SSSR count). The summed E-state index contributed by atoms with van der Waals surface area (Å²) in [4.78, 5) is 24.4. The van der Waals surface area contributed by atoms with Crippen molar-refractivity contribution in [2.75, 3.05) is 5.32 Å². The van der Waals surface area contributed by atoms with E-state index >= 15 is 0 Å². The quantitative estimate of drug-likeness (QED) is 0.654. The van der Waals surface area contributed by atoms with E-state index < -0.39 is 18.0 Å². The number of furan rings is 1. The van der Waals surface area contributed by atoms with Crippen molar-refractivity contribution in [1.29, 1.82) is 0 Å². The maximum atomic E-state index is 12.2. The van der Waals surface area contributed by atoms with Gasteiger partial charge in [0.15, 0.2) is 6.10 Å². The van der Waals surface area contributed by atoms with Crippen molar-refractivity contribution in [3.63, 3.8) is 0 Å². The molecule has 3 aromatic rings. The third-order valence-corrected chi connectivity index (χ3v) is 4.03. The number of anilines is 1. The minimum absolute atomic E-state index is 0.0293. The molecule has 0 saturated heterocycles. The molecule has 0 unspecified atom stereocenters. The van der Waals surface area contributed by atoms with Gasteiger partial charge in [0, 0.05) is 10.4 Å². The minimum atomic E-state index is -1.05. The van der Waals surface area contributed by atoms with Crippen molar-refractivity contribution in [2.45, 2.75) is 13.0 Å². The summed E-state index contributed by atoms with van der Waals surface area (Å²) in [5.74, 6) is -1.23. The number of hydrogen-bond donors (Lipinski definition) is 1. The molecule has 0 fully saturated rings. The Balaban J connectivity index is 1.68. The zero-order chi connectivity index (χ0) is 18.0. The topological polar surface area (TPSA) is 68.5 Å². The van der Waals surface area contributed by atoms with Crippen molar-refractivity contribution < 1.29 is 18.7 Å². The standard InChI is InChI=1S/C18H13Cl2NO4/c1-10(17(22)21-14-9-12(19)6-7-13(14)20)24-18(23)16-8-11-4-2-3-5-15(11)25-16/h2-10H,1H3,(H,21,22)/t10-/m0/s1. The Hall–Kier alpha value is -2.50. The summed E-state index contributed by atoms with van der Waals surface area (Å²) < 4.78 is 10.6. The number of halogens is 2. The average Bonchev–Trinajstić information content (AvgIpc) is 3.02. The lowest BCUT2D eigenvalue weighted by atomic mass is 10.2. The fourth-order valence-electron chi connectivity index (χ4n) is 2.18. The van der Waals surface area contributed by atoms with Gasteiger partial charge >= 0.3 is 5.97 Å². The van der Waals surface area contributed by atoms with Crippen LogP contribution in [0.1, 0.15) is 17.5 Å². The zero-order valence-electron chi connectivity index (χ0n) is 13.1. The van der Waals surface area contributed by atoms with Gasteiger partial charge in [0.05, 0.1) is 10.7 Å². The molecule has 1 heterocycles. The van der Waals surface area contributed by atoms with Gasteiger partial charge in [-0.05, 0) is 37.3 Å². The number of ether oxygens (including phenoxy) is 1. The largest absolute Gasteiger partial charge is 0.449 e. The van der Waals surface area contributed by atoms with Gasteiger partial charge in [-0.1, -0.05) is 41.4 Å². The van der Waals surface area contributed by atoms with Gasteiger partial charge < -0.3 is 14.5 Å². The number of benzene rings is 2. The van der Waals surface area contributed by atoms with Crippen LogP contribution >= 0.6 is 23.2 Å². The molecule has 0 bridgehead atoms. The zero-order valence-corrected chi connectivity index (χ0v) is 14.6. The smallest absolute Gasteiger partial charge is 0.375 e. The van der Waals surface area contributed by atoms with Crippen LogP contribution in [0.15, 0.2) is 52.9 Å². The normalized spacial score (nSPS) is 12.0. The van der Waals surface area contributed by atoms with Crippen LogP contribution in [-0.2, 0) is 9.53 Å². The van der Waals surface area contributed by atoms with E-state index in [4.69, 9.17) is 32.4 Å². The van der Waals surface area contributed by atoms with Crippen molar-refractivity contribution in [3.8, 4) is 0 Å². The number of rotatable bonds is 4. The molecule has 0 spiro atoms. The van der Waals surface area contributed by atoms with E-state index in [-0.39, 0.29) is 5.76 Å². The molecule has 1 aromatic heterocycles. The van der Waals surface area contributed by atoms with E-state index in [0.29, 0.717) is 21.3 Å². The van der Waals surface area contributed by atoms with E-state index in [0.717, 1.165) is 5.39 Å². The first-order chi connectivity index (χ1) is 11.9. The second-order valence-corrected chi connectivity index (χ2v) is 6.15. The molecule has 1 atom stereocenters. The predicted molar refractivity (Wildman–Crippen MR) is 96.2 cm³/mol. The Labute approximate surface area is 153 Å². The Morgan fingerprint density at radius 3 is 2.64 bits per heavy atom. The van der Waals surface area contributed by atoms with Crippen LogP contribution < -0.4 is 5.32 Å². The molecule has 128 valence electrons. The highest BCUT2D eigenvalue weighted by molar-refractivity contribution is 6.35. The van der Waals surface area contributed by atoms with E-state index in [1.807, 2.05) is 12.1 Å². The molecule has 0 aliphatic heterocycles. The van der Waals surface area contributed by atoms with Gasteiger partial charge in [-0.2, -0.15) is 0 Å². The summed E-state index contributed by atoms with van der Waals surface area (Å²) >= 11 is 11.9. The Kier molecular flexibility index (Phi) is 4.97. The second kappa shape index (κ2) is 7.17. The van der Waals surface area contributed by atoms with Crippen LogP contribution in [-0.4, -0.2) is 18.0 Å². The van der Waals surface area contributed by atoms with E-state index in [1.54, 1.807) is 30.3 Å². The van der Waals surface area contributed by atoms with Crippen LogP contribution in [0.2, 0.25) is 10.0 Å². The predicted octanol–water partition coefficient (Wildman–Crippen LogP) is 4.92. The number of para-hydroxylation sites is 1. The fourth-order valence-corrected chi connectivity index (χ4v) is 2.52. The molecule has 25 heavy (non-hydrogen) atoms. The highest BCUT2D eigenvalue weighted by Crippen LogP contribution is 2.26. The maximum Gasteiger partial charge on any atom is 0.375 e. The third-order valence-electron chi connectivity index (χ3n) is 3.47. The summed E-state index contributed by atoms with van der Waals surface area (Å²) in [5, 5.41) is 4.10. The van der Waals surface area contributed by atoms with Gasteiger partial charge in [0.25, 0.3) is 5.91 Å². The summed E-state index contributed by atoms with van der Waals surface area (Å²) in [6.07, 6.45) is -1.05. The Morgan fingerprint density at radius 1 is 1.12 bits per heavy atom. The molecule has 0 aliphatic carbocycles. The van der Waals surface area contributed by atoms with Gasteiger partial charge in [-0.3, -0.25) is 4.79 Å². The monoisotopic (exact) mass is 377 g/mol. The van der Waals surface area contributed by atoms with Crippen LogP contribution in [0.3, 0.4) is 0 Å². The van der Waals surface area contributed by atoms with Crippen LogP contribution in [0.4, 0.5) is 5.69 Å². The number of carbonyl (C=O) groups excluding carboxylic acids is 2. The summed E-state index contributed by atoms with van der Waals surface area (Å²) in [6.45, 7) is 1.45. The average molecular weight is 378 g/mol. The lowest BCUT2D eigenvalue weighted by Crippen LogP contribution is -2.30. The molecule has 0 aliphatic rings. The molecule has 0 saturated carbocycles. The van der Waals surface area contributed by atoms with E-state index in [2.05, 4.69) is 5.32 Å². The molecular weight excluding hydrogens is 365 g/mol. The first kappa shape index (κ1) is 17.3. The van der Waals surface area contributed by atoms with E-state index in [9.17, 15) is 9.59 Å². The number of amides is 1. The SMILES string of the molecule is C[C@H](OC(=O)c1cc2ccccc2o1)C(=O)Nc1cc(Cl)ccc1Cl. The molecule has 0 radical (unpaired) electrons.